The average molecular weight is 311 g/mol. The minimum absolute atomic E-state index is 0.0821. The number of amides is 2. The Morgan fingerprint density at radius 2 is 1.64 bits per heavy atom. The van der Waals surface area contributed by atoms with E-state index in [0.717, 1.165) is 45.4 Å². The Kier molecular flexibility index (Phi) is 5.32. The van der Waals surface area contributed by atoms with E-state index < -0.39 is 0 Å². The summed E-state index contributed by atoms with van der Waals surface area (Å²) in [6.45, 7) is 10.5. The molecule has 2 aliphatic rings. The topological polar surface area (TPSA) is 53.1 Å². The van der Waals surface area contributed by atoms with Crippen molar-refractivity contribution < 1.29 is 14.3 Å². The lowest BCUT2D eigenvalue weighted by molar-refractivity contribution is -0.140. The van der Waals surface area contributed by atoms with Crippen molar-refractivity contribution in [3.05, 3.63) is 0 Å². The largest absolute Gasteiger partial charge is 0.453 e. The minimum atomic E-state index is -0.383. The molecular formula is C16H29N3O3. The van der Waals surface area contributed by atoms with Gasteiger partial charge in [0.05, 0.1) is 7.11 Å². The summed E-state index contributed by atoms with van der Waals surface area (Å²) in [4.78, 5) is 30.6. The van der Waals surface area contributed by atoms with Gasteiger partial charge in [-0.05, 0) is 40.0 Å². The van der Waals surface area contributed by atoms with Gasteiger partial charge in [-0.1, -0.05) is 0 Å². The third-order valence-corrected chi connectivity index (χ3v) is 4.74. The van der Waals surface area contributed by atoms with Crippen LogP contribution >= 0.6 is 0 Å². The fraction of sp³-hybridized carbons (Fsp3) is 0.875. The molecule has 0 aromatic carbocycles. The number of methoxy groups -OCH3 is 1. The Morgan fingerprint density at radius 3 is 2.18 bits per heavy atom. The lowest BCUT2D eigenvalue weighted by atomic mass is 10.0. The normalized spacial score (nSPS) is 24.3. The fourth-order valence-corrected chi connectivity index (χ4v) is 3.33. The van der Waals surface area contributed by atoms with E-state index in [-0.39, 0.29) is 23.6 Å². The summed E-state index contributed by atoms with van der Waals surface area (Å²) in [5.74, 6) is 0.0821. The van der Waals surface area contributed by atoms with Crippen molar-refractivity contribution in [1.29, 1.82) is 0 Å². The molecular weight excluding hydrogens is 282 g/mol. The van der Waals surface area contributed by atoms with E-state index >= 15 is 0 Å². The smallest absolute Gasteiger partial charge is 0.410 e. The summed E-state index contributed by atoms with van der Waals surface area (Å²) in [5, 5.41) is 0. The average Bonchev–Trinajstić information content (AvgIpc) is 2.52. The zero-order valence-corrected chi connectivity index (χ0v) is 14.3. The monoisotopic (exact) mass is 311 g/mol. The molecule has 1 unspecified atom stereocenters. The van der Waals surface area contributed by atoms with Crippen LogP contribution in [0.1, 0.15) is 40.0 Å². The standard InChI is InChI=1S/C16H29N3O3/c1-16(2,3)18-11-9-17(10-12-18)14(20)13-7-5-6-8-19(13)15(21)22-4/h13H,5-12H2,1-4H3. The fourth-order valence-electron chi connectivity index (χ4n) is 3.33. The third-order valence-electron chi connectivity index (χ3n) is 4.74. The van der Waals surface area contributed by atoms with Crippen LogP contribution < -0.4 is 0 Å². The van der Waals surface area contributed by atoms with Gasteiger partial charge in [-0.2, -0.15) is 0 Å². The predicted molar refractivity (Wildman–Crippen MR) is 84.7 cm³/mol. The SMILES string of the molecule is COC(=O)N1CCCCC1C(=O)N1CCN(C(C)(C)C)CC1. The van der Waals surface area contributed by atoms with Crippen molar-refractivity contribution in [3.8, 4) is 0 Å². The number of rotatable bonds is 1. The quantitative estimate of drug-likeness (QED) is 0.737. The van der Waals surface area contributed by atoms with Gasteiger partial charge in [-0.15, -0.1) is 0 Å². The molecule has 2 rings (SSSR count). The van der Waals surface area contributed by atoms with Crippen LogP contribution in [0.3, 0.4) is 0 Å². The lowest BCUT2D eigenvalue weighted by Gasteiger charge is -2.44. The third kappa shape index (κ3) is 3.72. The van der Waals surface area contributed by atoms with E-state index in [1.165, 1.54) is 7.11 Å². The molecule has 0 bridgehead atoms. The van der Waals surface area contributed by atoms with Gasteiger partial charge in [-0.3, -0.25) is 14.6 Å². The van der Waals surface area contributed by atoms with Crippen LogP contribution in [0.2, 0.25) is 0 Å². The summed E-state index contributed by atoms with van der Waals surface area (Å²) in [6, 6.07) is -0.345. The van der Waals surface area contributed by atoms with Crippen LogP contribution in [0.25, 0.3) is 0 Å². The highest BCUT2D eigenvalue weighted by molar-refractivity contribution is 5.86. The number of ether oxygens (including phenoxy) is 1. The maximum absolute atomic E-state index is 12.8. The summed E-state index contributed by atoms with van der Waals surface area (Å²) in [7, 11) is 1.38. The molecule has 6 heteroatoms. The van der Waals surface area contributed by atoms with E-state index in [9.17, 15) is 9.59 Å². The van der Waals surface area contributed by atoms with Gasteiger partial charge in [0.25, 0.3) is 0 Å². The number of nitrogens with zero attached hydrogens (tertiary/aromatic N) is 3. The van der Waals surface area contributed by atoms with Crippen LogP contribution in [0, 0.1) is 0 Å². The second-order valence-corrected chi connectivity index (χ2v) is 7.16. The Labute approximate surface area is 133 Å². The first kappa shape index (κ1) is 17.1. The van der Waals surface area contributed by atoms with Crippen molar-refractivity contribution >= 4 is 12.0 Å². The summed E-state index contributed by atoms with van der Waals surface area (Å²) < 4.78 is 4.83. The molecule has 0 aliphatic carbocycles. The first-order chi connectivity index (χ1) is 10.3. The molecule has 1 atom stereocenters. The predicted octanol–water partition coefficient (Wildman–Crippen LogP) is 1.55. The molecule has 22 heavy (non-hydrogen) atoms. The Hall–Kier alpha value is -1.30. The van der Waals surface area contributed by atoms with Gasteiger partial charge in [0.15, 0.2) is 0 Å². The first-order valence-electron chi connectivity index (χ1n) is 8.23. The minimum Gasteiger partial charge on any atom is -0.453 e. The molecule has 0 aromatic heterocycles. The Balaban J connectivity index is 1.97. The van der Waals surface area contributed by atoms with E-state index in [1.54, 1.807) is 4.90 Å². The molecule has 2 saturated heterocycles. The van der Waals surface area contributed by atoms with E-state index in [4.69, 9.17) is 4.74 Å². The van der Waals surface area contributed by atoms with Crippen LogP contribution in [0.15, 0.2) is 0 Å². The van der Waals surface area contributed by atoms with Gasteiger partial charge >= 0.3 is 6.09 Å². The molecule has 0 radical (unpaired) electrons. The van der Waals surface area contributed by atoms with Crippen molar-refractivity contribution in [2.45, 2.75) is 51.6 Å². The van der Waals surface area contributed by atoms with Gasteiger partial charge in [0.2, 0.25) is 5.91 Å². The van der Waals surface area contributed by atoms with Crippen LogP contribution in [-0.4, -0.2) is 78.1 Å². The van der Waals surface area contributed by atoms with Crippen LogP contribution in [-0.2, 0) is 9.53 Å². The number of piperidine rings is 1. The summed E-state index contributed by atoms with van der Waals surface area (Å²) in [5.41, 5.74) is 0.137. The first-order valence-corrected chi connectivity index (χ1v) is 8.23. The second kappa shape index (κ2) is 6.86. The van der Waals surface area contributed by atoms with Gasteiger partial charge in [-0.25, -0.2) is 4.79 Å². The number of hydrogen-bond acceptors (Lipinski definition) is 4. The Morgan fingerprint density at radius 1 is 1.00 bits per heavy atom. The van der Waals surface area contributed by atoms with Crippen molar-refractivity contribution in [3.63, 3.8) is 0 Å². The van der Waals surface area contributed by atoms with Gasteiger partial charge in [0, 0.05) is 38.3 Å². The number of piperazine rings is 1. The highest BCUT2D eigenvalue weighted by Gasteiger charge is 2.37. The highest BCUT2D eigenvalue weighted by atomic mass is 16.5. The van der Waals surface area contributed by atoms with Crippen molar-refractivity contribution in [2.24, 2.45) is 0 Å². The van der Waals surface area contributed by atoms with Crippen molar-refractivity contribution in [2.75, 3.05) is 39.8 Å². The van der Waals surface area contributed by atoms with Crippen LogP contribution in [0.5, 0.6) is 0 Å². The highest BCUT2D eigenvalue weighted by Crippen LogP contribution is 2.22. The number of hydrogen-bond donors (Lipinski definition) is 0. The molecule has 2 heterocycles. The molecule has 2 fully saturated rings. The van der Waals surface area contributed by atoms with E-state index in [2.05, 4.69) is 25.7 Å². The van der Waals surface area contributed by atoms with Crippen LogP contribution in [0.4, 0.5) is 4.79 Å². The molecule has 0 N–H and O–H groups in total. The number of carbonyl (C=O) groups excluding carboxylic acids is 2. The molecule has 0 spiro atoms. The van der Waals surface area contributed by atoms with E-state index in [0.29, 0.717) is 6.54 Å². The van der Waals surface area contributed by atoms with E-state index in [1.807, 2.05) is 4.90 Å². The van der Waals surface area contributed by atoms with Crippen molar-refractivity contribution in [1.82, 2.24) is 14.7 Å². The Bertz CT molecular complexity index is 411. The van der Waals surface area contributed by atoms with Gasteiger partial charge < -0.3 is 9.64 Å². The zero-order chi connectivity index (χ0) is 16.3. The molecule has 2 amide bonds. The molecule has 6 nitrogen and oxygen atoms in total. The number of likely N-dealkylation sites (tertiary alicyclic amines) is 1. The lowest BCUT2D eigenvalue weighted by Crippen LogP contribution is -2.59. The zero-order valence-electron chi connectivity index (χ0n) is 14.3. The maximum Gasteiger partial charge on any atom is 0.410 e. The summed E-state index contributed by atoms with van der Waals surface area (Å²) in [6.07, 6.45) is 2.29. The molecule has 0 saturated carbocycles. The second-order valence-electron chi connectivity index (χ2n) is 7.16. The maximum atomic E-state index is 12.8. The van der Waals surface area contributed by atoms with Gasteiger partial charge in [0.1, 0.15) is 6.04 Å². The number of carbonyl (C=O) groups is 2. The molecule has 126 valence electrons. The molecule has 0 aromatic rings. The summed E-state index contributed by atoms with van der Waals surface area (Å²) >= 11 is 0. The molecule has 2 aliphatic heterocycles.